The maximum atomic E-state index is 2.64. The first-order valence-corrected chi connectivity index (χ1v) is 10.2. The number of hydrogen-bond donors (Lipinski definition) is 0. The number of rotatable bonds is 5. The number of hydrogen-bond acceptors (Lipinski definition) is 0. The summed E-state index contributed by atoms with van der Waals surface area (Å²) in [4.78, 5) is 0. The van der Waals surface area contributed by atoms with Gasteiger partial charge in [-0.1, -0.05) is 73.6 Å². The Morgan fingerprint density at radius 1 is 0.955 bits per heavy atom. The van der Waals surface area contributed by atoms with Gasteiger partial charge in [-0.15, -0.1) is 0 Å². The standard InChI is InChI=1S/C22H42/c1-17(2)22(6,20-12-8-7-9-13-20)15-18(3)19-11-10-14-21(4,5)16-19/h17-20H,7-16H2,1-6H3. The Morgan fingerprint density at radius 3 is 2.14 bits per heavy atom. The third-order valence-electron chi connectivity index (χ3n) is 7.67. The molecule has 0 aromatic heterocycles. The van der Waals surface area contributed by atoms with Crippen molar-refractivity contribution in [2.24, 2.45) is 34.5 Å². The monoisotopic (exact) mass is 306 g/mol. The van der Waals surface area contributed by atoms with Crippen molar-refractivity contribution in [3.63, 3.8) is 0 Å². The summed E-state index contributed by atoms with van der Waals surface area (Å²) >= 11 is 0. The summed E-state index contributed by atoms with van der Waals surface area (Å²) in [6.45, 7) is 15.2. The first-order valence-electron chi connectivity index (χ1n) is 10.2. The third kappa shape index (κ3) is 4.30. The van der Waals surface area contributed by atoms with Crippen molar-refractivity contribution in [3.05, 3.63) is 0 Å². The van der Waals surface area contributed by atoms with Crippen LogP contribution in [0.2, 0.25) is 0 Å². The molecule has 2 saturated carbocycles. The van der Waals surface area contributed by atoms with Gasteiger partial charge in [0.15, 0.2) is 0 Å². The lowest BCUT2D eigenvalue weighted by Crippen LogP contribution is -2.38. The van der Waals surface area contributed by atoms with Crippen molar-refractivity contribution >= 4 is 0 Å². The van der Waals surface area contributed by atoms with E-state index in [1.807, 2.05) is 0 Å². The third-order valence-corrected chi connectivity index (χ3v) is 7.67. The van der Waals surface area contributed by atoms with Crippen molar-refractivity contribution in [2.45, 2.75) is 106 Å². The molecule has 0 aliphatic heterocycles. The van der Waals surface area contributed by atoms with Gasteiger partial charge in [0.05, 0.1) is 0 Å². The molecule has 0 spiro atoms. The van der Waals surface area contributed by atoms with Crippen molar-refractivity contribution in [1.82, 2.24) is 0 Å². The molecular formula is C22H42. The fourth-order valence-electron chi connectivity index (χ4n) is 5.74. The Morgan fingerprint density at radius 2 is 1.59 bits per heavy atom. The lowest BCUT2D eigenvalue weighted by atomic mass is 9.58. The molecule has 0 nitrogen and oxygen atoms in total. The average Bonchev–Trinajstić information content (AvgIpc) is 2.46. The van der Waals surface area contributed by atoms with Crippen LogP contribution in [0.15, 0.2) is 0 Å². The van der Waals surface area contributed by atoms with Crippen LogP contribution in [0.3, 0.4) is 0 Å². The molecule has 0 heterocycles. The Balaban J connectivity index is 2.03. The zero-order valence-electron chi connectivity index (χ0n) is 16.4. The second-order valence-corrected chi connectivity index (χ2v) is 10.2. The fraction of sp³-hybridized carbons (Fsp3) is 1.00. The van der Waals surface area contributed by atoms with E-state index in [4.69, 9.17) is 0 Å². The predicted molar refractivity (Wildman–Crippen MR) is 99.0 cm³/mol. The van der Waals surface area contributed by atoms with Crippen LogP contribution in [-0.2, 0) is 0 Å². The van der Waals surface area contributed by atoms with E-state index < -0.39 is 0 Å². The lowest BCUT2D eigenvalue weighted by Gasteiger charge is -2.47. The van der Waals surface area contributed by atoms with Crippen LogP contribution in [0.4, 0.5) is 0 Å². The Hall–Kier alpha value is 0. The molecule has 22 heavy (non-hydrogen) atoms. The second-order valence-electron chi connectivity index (χ2n) is 10.2. The zero-order valence-corrected chi connectivity index (χ0v) is 16.4. The molecule has 0 heteroatoms. The molecule has 0 amide bonds. The van der Waals surface area contributed by atoms with Crippen molar-refractivity contribution in [1.29, 1.82) is 0 Å². The van der Waals surface area contributed by atoms with Crippen LogP contribution < -0.4 is 0 Å². The summed E-state index contributed by atoms with van der Waals surface area (Å²) in [6.07, 6.45) is 14.8. The summed E-state index contributed by atoms with van der Waals surface area (Å²) < 4.78 is 0. The first-order chi connectivity index (χ1) is 10.2. The van der Waals surface area contributed by atoms with Gasteiger partial charge in [-0.3, -0.25) is 0 Å². The largest absolute Gasteiger partial charge is 0.0622 e. The second kappa shape index (κ2) is 7.27. The van der Waals surface area contributed by atoms with E-state index in [0.717, 1.165) is 23.7 Å². The van der Waals surface area contributed by atoms with Crippen LogP contribution in [0.25, 0.3) is 0 Å². The molecule has 0 saturated heterocycles. The van der Waals surface area contributed by atoms with E-state index in [1.165, 1.54) is 64.2 Å². The highest BCUT2D eigenvalue weighted by Gasteiger charge is 2.41. The Bertz CT molecular complexity index is 334. The van der Waals surface area contributed by atoms with Crippen molar-refractivity contribution in [3.8, 4) is 0 Å². The van der Waals surface area contributed by atoms with Gasteiger partial charge < -0.3 is 0 Å². The molecule has 2 aliphatic carbocycles. The summed E-state index contributed by atoms with van der Waals surface area (Å²) in [7, 11) is 0. The Kier molecular flexibility index (Phi) is 6.06. The molecule has 0 bridgehead atoms. The molecule has 2 fully saturated rings. The van der Waals surface area contributed by atoms with Crippen LogP contribution in [-0.4, -0.2) is 0 Å². The highest BCUT2D eigenvalue weighted by molar-refractivity contribution is 4.91. The molecule has 130 valence electrons. The van der Waals surface area contributed by atoms with E-state index >= 15 is 0 Å². The van der Waals surface area contributed by atoms with Gasteiger partial charge in [-0.05, 0) is 66.6 Å². The molecule has 2 rings (SSSR count). The predicted octanol–water partition coefficient (Wildman–Crippen LogP) is 7.47. The topological polar surface area (TPSA) is 0 Å². The lowest BCUT2D eigenvalue weighted by molar-refractivity contribution is 0.0283. The fourth-order valence-corrected chi connectivity index (χ4v) is 5.74. The molecule has 3 atom stereocenters. The van der Waals surface area contributed by atoms with E-state index in [-0.39, 0.29) is 0 Å². The molecular weight excluding hydrogens is 264 g/mol. The van der Waals surface area contributed by atoms with E-state index in [9.17, 15) is 0 Å². The smallest absolute Gasteiger partial charge is 0.0272 e. The van der Waals surface area contributed by atoms with E-state index in [2.05, 4.69) is 41.5 Å². The Labute approximate surface area is 140 Å². The van der Waals surface area contributed by atoms with Crippen LogP contribution in [0, 0.1) is 34.5 Å². The van der Waals surface area contributed by atoms with Gasteiger partial charge in [0.2, 0.25) is 0 Å². The molecule has 0 aromatic carbocycles. The molecule has 3 unspecified atom stereocenters. The SMILES string of the molecule is CC(CC(C)(C(C)C)C1CCCCC1)C1CCCC(C)(C)C1. The first kappa shape index (κ1) is 18.3. The minimum atomic E-state index is 0.571. The highest BCUT2D eigenvalue weighted by atomic mass is 14.5. The summed E-state index contributed by atoms with van der Waals surface area (Å²) in [5.41, 5.74) is 1.16. The molecule has 0 N–H and O–H groups in total. The normalized spacial score (nSPS) is 31.0. The van der Waals surface area contributed by atoms with Gasteiger partial charge in [-0.2, -0.15) is 0 Å². The minimum absolute atomic E-state index is 0.571. The molecule has 0 aromatic rings. The van der Waals surface area contributed by atoms with Gasteiger partial charge in [0, 0.05) is 0 Å². The van der Waals surface area contributed by atoms with Gasteiger partial charge in [0.1, 0.15) is 0 Å². The summed E-state index contributed by atoms with van der Waals surface area (Å²) in [5.74, 6) is 3.70. The minimum Gasteiger partial charge on any atom is -0.0622 e. The quantitative estimate of drug-likeness (QED) is 0.494. The highest BCUT2D eigenvalue weighted by Crippen LogP contribution is 2.51. The van der Waals surface area contributed by atoms with Gasteiger partial charge in [0.25, 0.3) is 0 Å². The van der Waals surface area contributed by atoms with Gasteiger partial charge in [-0.25, -0.2) is 0 Å². The van der Waals surface area contributed by atoms with Crippen LogP contribution >= 0.6 is 0 Å². The molecule has 2 aliphatic rings. The summed E-state index contributed by atoms with van der Waals surface area (Å²) in [6, 6.07) is 0. The maximum absolute atomic E-state index is 2.64. The van der Waals surface area contributed by atoms with Crippen LogP contribution in [0.5, 0.6) is 0 Å². The maximum Gasteiger partial charge on any atom is -0.0272 e. The van der Waals surface area contributed by atoms with Crippen molar-refractivity contribution < 1.29 is 0 Å². The average molecular weight is 307 g/mol. The van der Waals surface area contributed by atoms with Crippen LogP contribution in [0.1, 0.15) is 106 Å². The zero-order chi connectivity index (χ0) is 16.4. The van der Waals surface area contributed by atoms with Gasteiger partial charge >= 0.3 is 0 Å². The molecule has 0 radical (unpaired) electrons. The summed E-state index contributed by atoms with van der Waals surface area (Å²) in [5, 5.41) is 0. The van der Waals surface area contributed by atoms with Crippen molar-refractivity contribution in [2.75, 3.05) is 0 Å². The van der Waals surface area contributed by atoms with E-state index in [1.54, 1.807) is 0 Å². The van der Waals surface area contributed by atoms with E-state index in [0.29, 0.717) is 10.8 Å².